The second kappa shape index (κ2) is 6.61. The van der Waals surface area contributed by atoms with Gasteiger partial charge in [-0.05, 0) is 45.3 Å². The molecule has 0 heterocycles. The van der Waals surface area contributed by atoms with E-state index in [0.29, 0.717) is 22.8 Å². The van der Waals surface area contributed by atoms with Crippen molar-refractivity contribution in [2.45, 2.75) is 6.42 Å². The van der Waals surface area contributed by atoms with Crippen LogP contribution in [0, 0.1) is 0 Å². The number of carbonyl (C=O) groups is 1. The highest BCUT2D eigenvalue weighted by Crippen LogP contribution is 2.19. The number of amides is 1. The van der Waals surface area contributed by atoms with E-state index in [4.69, 9.17) is 17.3 Å². The lowest BCUT2D eigenvalue weighted by Crippen LogP contribution is -2.30. The third kappa shape index (κ3) is 4.20. The zero-order valence-electron chi connectivity index (χ0n) is 11.1. The van der Waals surface area contributed by atoms with Crippen molar-refractivity contribution >= 4 is 23.2 Å². The van der Waals surface area contributed by atoms with E-state index in [9.17, 15) is 4.79 Å². The number of nitrogen functional groups attached to an aromatic ring is 1. The molecule has 0 saturated heterocycles. The minimum absolute atomic E-state index is 0.0667. The van der Waals surface area contributed by atoms with Gasteiger partial charge in [-0.3, -0.25) is 4.79 Å². The second-order valence-corrected chi connectivity index (χ2v) is 5.05. The summed E-state index contributed by atoms with van der Waals surface area (Å²) in [6, 6.07) is 4.95. The van der Waals surface area contributed by atoms with Crippen LogP contribution in [0.3, 0.4) is 0 Å². The van der Waals surface area contributed by atoms with Gasteiger partial charge in [0.05, 0.1) is 5.56 Å². The molecule has 2 N–H and O–H groups in total. The van der Waals surface area contributed by atoms with Crippen LogP contribution in [0.25, 0.3) is 0 Å². The first kappa shape index (κ1) is 14.8. The summed E-state index contributed by atoms with van der Waals surface area (Å²) < 4.78 is 0. The summed E-state index contributed by atoms with van der Waals surface area (Å²) in [7, 11) is 5.81. The standard InChI is InChI=1S/C13H20ClN3O/c1-16(2)7-4-8-17(3)13(18)11-6-5-10(14)9-12(11)15/h5-6,9H,4,7-8,15H2,1-3H3. The highest BCUT2D eigenvalue weighted by atomic mass is 35.5. The van der Waals surface area contributed by atoms with Gasteiger partial charge >= 0.3 is 0 Å². The zero-order chi connectivity index (χ0) is 13.7. The predicted octanol–water partition coefficient (Wildman–Crippen LogP) is 1.95. The van der Waals surface area contributed by atoms with Gasteiger partial charge in [-0.2, -0.15) is 0 Å². The molecule has 0 atom stereocenters. The van der Waals surface area contributed by atoms with Gasteiger partial charge in [-0.1, -0.05) is 11.6 Å². The molecule has 0 radical (unpaired) electrons. The third-order valence-corrected chi connectivity index (χ3v) is 2.92. The Morgan fingerprint density at radius 3 is 2.50 bits per heavy atom. The molecule has 100 valence electrons. The summed E-state index contributed by atoms with van der Waals surface area (Å²) in [5.41, 5.74) is 6.73. The van der Waals surface area contributed by atoms with Gasteiger partial charge in [-0.15, -0.1) is 0 Å². The summed E-state index contributed by atoms with van der Waals surface area (Å²) in [5, 5.41) is 0.541. The molecule has 4 nitrogen and oxygen atoms in total. The van der Waals surface area contributed by atoms with Crippen molar-refractivity contribution in [2.75, 3.05) is 40.0 Å². The maximum Gasteiger partial charge on any atom is 0.255 e. The van der Waals surface area contributed by atoms with Gasteiger partial charge in [0.15, 0.2) is 0 Å². The zero-order valence-corrected chi connectivity index (χ0v) is 11.9. The van der Waals surface area contributed by atoms with E-state index in [1.54, 1.807) is 30.1 Å². The first-order chi connectivity index (χ1) is 8.41. The van der Waals surface area contributed by atoms with E-state index in [1.807, 2.05) is 14.1 Å². The molecule has 0 unspecified atom stereocenters. The van der Waals surface area contributed by atoms with Crippen LogP contribution in [0.4, 0.5) is 5.69 Å². The van der Waals surface area contributed by atoms with Crippen molar-refractivity contribution in [3.63, 3.8) is 0 Å². The maximum absolute atomic E-state index is 12.1. The lowest BCUT2D eigenvalue weighted by Gasteiger charge is -2.19. The Morgan fingerprint density at radius 2 is 1.94 bits per heavy atom. The van der Waals surface area contributed by atoms with Crippen LogP contribution in [-0.2, 0) is 0 Å². The topological polar surface area (TPSA) is 49.6 Å². The van der Waals surface area contributed by atoms with Crippen molar-refractivity contribution < 1.29 is 4.79 Å². The molecule has 0 fully saturated rings. The Bertz CT molecular complexity index is 421. The summed E-state index contributed by atoms with van der Waals surface area (Å²) in [6.07, 6.45) is 0.933. The molecule has 0 aromatic heterocycles. The van der Waals surface area contributed by atoms with Gasteiger partial charge in [0.25, 0.3) is 5.91 Å². The molecular weight excluding hydrogens is 250 g/mol. The number of carbonyl (C=O) groups excluding carboxylic acids is 1. The molecule has 1 aromatic carbocycles. The summed E-state index contributed by atoms with van der Waals surface area (Å²) in [6.45, 7) is 1.66. The van der Waals surface area contributed by atoms with Crippen molar-refractivity contribution in [1.29, 1.82) is 0 Å². The average molecular weight is 270 g/mol. The maximum atomic E-state index is 12.1. The molecular formula is C13H20ClN3O. The Hall–Kier alpha value is -1.26. The quantitative estimate of drug-likeness (QED) is 0.831. The van der Waals surface area contributed by atoms with E-state index in [0.717, 1.165) is 13.0 Å². The average Bonchev–Trinajstić information content (AvgIpc) is 2.27. The molecule has 1 rings (SSSR count). The number of halogens is 1. The van der Waals surface area contributed by atoms with Crippen molar-refractivity contribution in [1.82, 2.24) is 9.80 Å². The van der Waals surface area contributed by atoms with Crippen LogP contribution in [0.1, 0.15) is 16.8 Å². The smallest absolute Gasteiger partial charge is 0.255 e. The molecule has 5 heteroatoms. The number of nitrogens with zero attached hydrogens (tertiary/aromatic N) is 2. The monoisotopic (exact) mass is 269 g/mol. The van der Waals surface area contributed by atoms with Crippen LogP contribution < -0.4 is 5.73 Å². The fourth-order valence-corrected chi connectivity index (χ4v) is 1.84. The van der Waals surface area contributed by atoms with E-state index in [2.05, 4.69) is 4.90 Å². The van der Waals surface area contributed by atoms with E-state index in [-0.39, 0.29) is 5.91 Å². The Labute approximate surface area is 113 Å². The van der Waals surface area contributed by atoms with Gasteiger partial charge in [0.1, 0.15) is 0 Å². The van der Waals surface area contributed by atoms with Gasteiger partial charge in [0, 0.05) is 24.3 Å². The summed E-state index contributed by atoms with van der Waals surface area (Å²) in [4.78, 5) is 15.9. The molecule has 0 saturated carbocycles. The molecule has 0 aliphatic carbocycles. The van der Waals surface area contributed by atoms with Crippen molar-refractivity contribution in [3.8, 4) is 0 Å². The van der Waals surface area contributed by atoms with Crippen LogP contribution in [0.15, 0.2) is 18.2 Å². The van der Waals surface area contributed by atoms with Gasteiger partial charge in [0.2, 0.25) is 0 Å². The molecule has 0 spiro atoms. The van der Waals surface area contributed by atoms with Crippen LogP contribution in [-0.4, -0.2) is 49.9 Å². The van der Waals surface area contributed by atoms with Gasteiger partial charge in [-0.25, -0.2) is 0 Å². The highest BCUT2D eigenvalue weighted by molar-refractivity contribution is 6.31. The van der Waals surface area contributed by atoms with Crippen LogP contribution in [0.2, 0.25) is 5.02 Å². The predicted molar refractivity (Wildman–Crippen MR) is 76.0 cm³/mol. The SMILES string of the molecule is CN(C)CCCN(C)C(=O)c1ccc(Cl)cc1N. The number of hydrogen-bond acceptors (Lipinski definition) is 3. The fraction of sp³-hybridized carbons (Fsp3) is 0.462. The molecule has 1 aromatic rings. The van der Waals surface area contributed by atoms with Crippen LogP contribution in [0.5, 0.6) is 0 Å². The summed E-state index contributed by atoms with van der Waals surface area (Å²) >= 11 is 5.81. The van der Waals surface area contributed by atoms with E-state index >= 15 is 0 Å². The van der Waals surface area contributed by atoms with E-state index < -0.39 is 0 Å². The summed E-state index contributed by atoms with van der Waals surface area (Å²) in [5.74, 6) is -0.0667. The lowest BCUT2D eigenvalue weighted by molar-refractivity contribution is 0.0791. The fourth-order valence-electron chi connectivity index (χ4n) is 1.66. The first-order valence-corrected chi connectivity index (χ1v) is 6.25. The normalized spacial score (nSPS) is 10.7. The Kier molecular flexibility index (Phi) is 5.44. The molecule has 0 aliphatic rings. The molecule has 18 heavy (non-hydrogen) atoms. The van der Waals surface area contributed by atoms with Crippen molar-refractivity contribution in [3.05, 3.63) is 28.8 Å². The van der Waals surface area contributed by atoms with Crippen molar-refractivity contribution in [2.24, 2.45) is 0 Å². The minimum atomic E-state index is -0.0667. The number of anilines is 1. The number of rotatable bonds is 5. The minimum Gasteiger partial charge on any atom is -0.398 e. The third-order valence-electron chi connectivity index (χ3n) is 2.69. The number of hydrogen-bond donors (Lipinski definition) is 1. The largest absolute Gasteiger partial charge is 0.398 e. The highest BCUT2D eigenvalue weighted by Gasteiger charge is 2.14. The Morgan fingerprint density at radius 1 is 1.28 bits per heavy atom. The number of nitrogens with two attached hydrogens (primary N) is 1. The van der Waals surface area contributed by atoms with E-state index in [1.165, 1.54) is 0 Å². The Balaban J connectivity index is 2.63. The molecule has 1 amide bonds. The lowest BCUT2D eigenvalue weighted by atomic mass is 10.1. The molecule has 0 aliphatic heterocycles. The van der Waals surface area contributed by atoms with Gasteiger partial charge < -0.3 is 15.5 Å². The van der Waals surface area contributed by atoms with Crippen LogP contribution >= 0.6 is 11.6 Å². The molecule has 0 bridgehead atoms. The number of benzene rings is 1. The second-order valence-electron chi connectivity index (χ2n) is 4.62. The first-order valence-electron chi connectivity index (χ1n) is 5.87.